The molecule has 0 bridgehead atoms. The lowest BCUT2D eigenvalue weighted by Gasteiger charge is -2.19. The zero-order chi connectivity index (χ0) is 19.3. The fourth-order valence-electron chi connectivity index (χ4n) is 2.94. The summed E-state index contributed by atoms with van der Waals surface area (Å²) in [6.07, 6.45) is 2.00. The predicted octanol–water partition coefficient (Wildman–Crippen LogP) is 4.48. The van der Waals surface area contributed by atoms with Gasteiger partial charge in [-0.25, -0.2) is 4.98 Å². The van der Waals surface area contributed by atoms with Gasteiger partial charge in [0.2, 0.25) is 5.91 Å². The van der Waals surface area contributed by atoms with Gasteiger partial charge < -0.3 is 4.74 Å². The molecule has 0 spiro atoms. The monoisotopic (exact) mass is 389 g/mol. The van der Waals surface area contributed by atoms with E-state index in [9.17, 15) is 4.79 Å². The molecular formula is C22H19N3O2S. The Morgan fingerprint density at radius 3 is 2.71 bits per heavy atom. The van der Waals surface area contributed by atoms with Crippen molar-refractivity contribution in [2.75, 3.05) is 12.0 Å². The van der Waals surface area contributed by atoms with Crippen molar-refractivity contribution in [3.8, 4) is 5.75 Å². The van der Waals surface area contributed by atoms with Crippen LogP contribution in [0.4, 0.5) is 5.13 Å². The number of carbonyl (C=O) groups is 1. The average Bonchev–Trinajstić information content (AvgIpc) is 3.16. The lowest BCUT2D eigenvalue weighted by molar-refractivity contribution is -0.118. The van der Waals surface area contributed by atoms with E-state index in [-0.39, 0.29) is 12.3 Å². The number of carbonyl (C=O) groups excluding carboxylic acids is 1. The standard InChI is InChI=1S/C22H19N3O2S/c1-27-18-9-6-7-16(13-18)14-21(26)25(15-17-8-4-5-12-23-17)22-24-19-10-2-3-11-20(19)28-22/h2-13H,14-15H2,1H3. The number of nitrogens with zero attached hydrogens (tertiary/aromatic N) is 3. The molecule has 0 radical (unpaired) electrons. The Morgan fingerprint density at radius 2 is 1.93 bits per heavy atom. The summed E-state index contributed by atoms with van der Waals surface area (Å²) >= 11 is 1.51. The van der Waals surface area contributed by atoms with Gasteiger partial charge in [0.05, 0.1) is 36.0 Å². The highest BCUT2D eigenvalue weighted by atomic mass is 32.1. The Balaban J connectivity index is 1.66. The maximum atomic E-state index is 13.2. The summed E-state index contributed by atoms with van der Waals surface area (Å²) in [5.41, 5.74) is 2.61. The highest BCUT2D eigenvalue weighted by Crippen LogP contribution is 2.30. The van der Waals surface area contributed by atoms with Gasteiger partial charge in [0, 0.05) is 6.20 Å². The number of rotatable bonds is 6. The number of methoxy groups -OCH3 is 1. The fraction of sp³-hybridized carbons (Fsp3) is 0.136. The van der Waals surface area contributed by atoms with Crippen LogP contribution in [0.25, 0.3) is 10.2 Å². The molecule has 0 saturated heterocycles. The van der Waals surface area contributed by atoms with Crippen molar-refractivity contribution < 1.29 is 9.53 Å². The first-order valence-electron chi connectivity index (χ1n) is 8.92. The third-order valence-corrected chi connectivity index (χ3v) is 5.41. The molecule has 6 heteroatoms. The molecule has 4 aromatic rings. The van der Waals surface area contributed by atoms with E-state index in [0.717, 1.165) is 27.2 Å². The number of benzene rings is 2. The number of aromatic nitrogens is 2. The molecule has 2 heterocycles. The summed E-state index contributed by atoms with van der Waals surface area (Å²) in [5, 5.41) is 0.680. The van der Waals surface area contributed by atoms with Crippen LogP contribution in [0.2, 0.25) is 0 Å². The van der Waals surface area contributed by atoms with Crippen LogP contribution in [0.1, 0.15) is 11.3 Å². The van der Waals surface area contributed by atoms with Crippen LogP contribution in [0.5, 0.6) is 5.75 Å². The second-order valence-electron chi connectivity index (χ2n) is 6.29. The Labute approximate surface area is 167 Å². The van der Waals surface area contributed by atoms with Crippen molar-refractivity contribution in [2.24, 2.45) is 0 Å². The summed E-state index contributed by atoms with van der Waals surface area (Å²) in [6, 6.07) is 21.2. The first-order valence-corrected chi connectivity index (χ1v) is 9.73. The molecule has 0 fully saturated rings. The molecule has 2 aromatic heterocycles. The van der Waals surface area contributed by atoms with E-state index in [2.05, 4.69) is 9.97 Å². The number of thiazole rings is 1. The minimum atomic E-state index is -0.0297. The van der Waals surface area contributed by atoms with Gasteiger partial charge in [-0.3, -0.25) is 14.7 Å². The molecule has 0 unspecified atom stereocenters. The van der Waals surface area contributed by atoms with E-state index < -0.39 is 0 Å². The van der Waals surface area contributed by atoms with E-state index in [1.54, 1.807) is 18.2 Å². The van der Waals surface area contributed by atoms with Gasteiger partial charge in [0.25, 0.3) is 0 Å². The van der Waals surface area contributed by atoms with Crippen molar-refractivity contribution in [1.29, 1.82) is 0 Å². The number of pyridine rings is 1. The van der Waals surface area contributed by atoms with Gasteiger partial charge in [-0.1, -0.05) is 41.7 Å². The zero-order valence-corrected chi connectivity index (χ0v) is 16.2. The third-order valence-electron chi connectivity index (χ3n) is 4.35. The largest absolute Gasteiger partial charge is 0.497 e. The van der Waals surface area contributed by atoms with E-state index in [0.29, 0.717) is 11.7 Å². The van der Waals surface area contributed by atoms with E-state index >= 15 is 0 Å². The third kappa shape index (κ3) is 4.02. The first-order chi connectivity index (χ1) is 13.7. The van der Waals surface area contributed by atoms with Crippen LogP contribution < -0.4 is 9.64 Å². The second kappa shape index (κ2) is 8.19. The highest BCUT2D eigenvalue weighted by molar-refractivity contribution is 7.22. The quantitative estimate of drug-likeness (QED) is 0.488. The maximum absolute atomic E-state index is 13.2. The van der Waals surface area contributed by atoms with E-state index in [4.69, 9.17) is 4.74 Å². The Hall–Kier alpha value is -3.25. The number of para-hydroxylation sites is 1. The van der Waals surface area contributed by atoms with E-state index in [1.807, 2.05) is 66.7 Å². The lowest BCUT2D eigenvalue weighted by atomic mass is 10.1. The molecule has 0 aliphatic heterocycles. The SMILES string of the molecule is COc1cccc(CC(=O)N(Cc2ccccn2)c2nc3ccccc3s2)c1. The van der Waals surface area contributed by atoms with Crippen LogP contribution in [0.3, 0.4) is 0 Å². The van der Waals surface area contributed by atoms with Gasteiger partial charge in [-0.15, -0.1) is 0 Å². The van der Waals surface area contributed by atoms with Crippen molar-refractivity contribution in [3.63, 3.8) is 0 Å². The van der Waals surface area contributed by atoms with Crippen LogP contribution in [-0.4, -0.2) is 23.0 Å². The molecule has 1 amide bonds. The van der Waals surface area contributed by atoms with Gasteiger partial charge in [0.15, 0.2) is 5.13 Å². The summed E-state index contributed by atoms with van der Waals surface area (Å²) in [5.74, 6) is 0.708. The number of anilines is 1. The number of hydrogen-bond acceptors (Lipinski definition) is 5. The maximum Gasteiger partial charge on any atom is 0.233 e. The minimum absolute atomic E-state index is 0.0297. The van der Waals surface area contributed by atoms with Crippen molar-refractivity contribution >= 4 is 32.6 Å². The Morgan fingerprint density at radius 1 is 1.07 bits per heavy atom. The first kappa shape index (κ1) is 18.1. The summed E-state index contributed by atoms with van der Waals surface area (Å²) in [6.45, 7) is 0.378. The van der Waals surface area contributed by atoms with Crippen LogP contribution in [0, 0.1) is 0 Å². The summed E-state index contributed by atoms with van der Waals surface area (Å²) in [4.78, 5) is 24.0. The molecule has 0 aliphatic carbocycles. The normalized spacial score (nSPS) is 10.8. The highest BCUT2D eigenvalue weighted by Gasteiger charge is 2.21. The molecule has 2 aromatic carbocycles. The summed E-state index contributed by atoms with van der Waals surface area (Å²) in [7, 11) is 1.62. The lowest BCUT2D eigenvalue weighted by Crippen LogP contribution is -2.32. The number of amides is 1. The molecule has 0 saturated carbocycles. The van der Waals surface area contributed by atoms with Crippen molar-refractivity contribution in [3.05, 3.63) is 84.2 Å². The van der Waals surface area contributed by atoms with Crippen LogP contribution >= 0.6 is 11.3 Å². The topological polar surface area (TPSA) is 55.3 Å². The molecule has 0 aliphatic rings. The van der Waals surface area contributed by atoms with Crippen LogP contribution in [0.15, 0.2) is 72.9 Å². The average molecular weight is 389 g/mol. The van der Waals surface area contributed by atoms with E-state index in [1.165, 1.54) is 11.3 Å². The van der Waals surface area contributed by atoms with Crippen LogP contribution in [-0.2, 0) is 17.8 Å². The molecule has 0 atom stereocenters. The van der Waals surface area contributed by atoms with Crippen molar-refractivity contribution in [1.82, 2.24) is 9.97 Å². The molecule has 0 N–H and O–H groups in total. The molecule has 5 nitrogen and oxygen atoms in total. The zero-order valence-electron chi connectivity index (χ0n) is 15.4. The Bertz CT molecular complexity index is 1060. The van der Waals surface area contributed by atoms with Gasteiger partial charge in [-0.05, 0) is 42.0 Å². The molecule has 28 heavy (non-hydrogen) atoms. The van der Waals surface area contributed by atoms with Gasteiger partial charge in [-0.2, -0.15) is 0 Å². The summed E-state index contributed by atoms with van der Waals surface area (Å²) < 4.78 is 6.33. The fourth-order valence-corrected chi connectivity index (χ4v) is 3.93. The van der Waals surface area contributed by atoms with Gasteiger partial charge in [0.1, 0.15) is 5.75 Å². The number of hydrogen-bond donors (Lipinski definition) is 0. The smallest absolute Gasteiger partial charge is 0.233 e. The number of ether oxygens (including phenoxy) is 1. The Kier molecular flexibility index (Phi) is 5.30. The molecule has 4 rings (SSSR count). The molecular weight excluding hydrogens is 370 g/mol. The minimum Gasteiger partial charge on any atom is -0.497 e. The van der Waals surface area contributed by atoms with Gasteiger partial charge >= 0.3 is 0 Å². The van der Waals surface area contributed by atoms with Crippen molar-refractivity contribution in [2.45, 2.75) is 13.0 Å². The predicted molar refractivity (Wildman–Crippen MR) is 112 cm³/mol. The molecule has 140 valence electrons. The number of fused-ring (bicyclic) bond motifs is 1. The second-order valence-corrected chi connectivity index (χ2v) is 7.30.